The fourth-order valence-electron chi connectivity index (χ4n) is 2.48. The molecular weight excluding hydrogens is 318 g/mol. The molecule has 0 saturated heterocycles. The van der Waals surface area contributed by atoms with Crippen LogP contribution in [0.5, 0.6) is 0 Å². The molecule has 2 aromatic carbocycles. The van der Waals surface area contributed by atoms with Gasteiger partial charge in [0.15, 0.2) is 0 Å². The monoisotopic (exact) mass is 341 g/mol. The van der Waals surface area contributed by atoms with Gasteiger partial charge in [-0.25, -0.2) is 9.59 Å². The topological polar surface area (TPSA) is 104 Å². The normalized spacial score (nSPS) is 11.6. The van der Waals surface area contributed by atoms with Crippen LogP contribution in [0.15, 0.2) is 54.6 Å². The number of carboxylic acid groups (broad SMARTS) is 1. The van der Waals surface area contributed by atoms with Crippen LogP contribution in [0.2, 0.25) is 0 Å². The molecule has 0 heterocycles. The van der Waals surface area contributed by atoms with Crippen LogP contribution in [-0.2, 0) is 4.79 Å². The number of rotatable bonds is 8. The third kappa shape index (κ3) is 5.93. The molecule has 6 nitrogen and oxygen atoms in total. The molecule has 0 saturated carbocycles. The Hall–Kier alpha value is -2.86. The van der Waals surface area contributed by atoms with E-state index in [-0.39, 0.29) is 0 Å². The maximum atomic E-state index is 12.1. The van der Waals surface area contributed by atoms with Crippen molar-refractivity contribution < 1.29 is 14.7 Å². The minimum absolute atomic E-state index is 0.351. The van der Waals surface area contributed by atoms with Crippen molar-refractivity contribution in [2.24, 2.45) is 5.73 Å². The molecule has 132 valence electrons. The number of unbranched alkanes of at least 4 members (excludes halogenated alkanes) is 1. The highest BCUT2D eigenvalue weighted by molar-refractivity contribution is 5.92. The van der Waals surface area contributed by atoms with Gasteiger partial charge in [-0.2, -0.15) is 0 Å². The first kappa shape index (κ1) is 18.5. The smallest absolute Gasteiger partial charge is 0.326 e. The fourth-order valence-corrected chi connectivity index (χ4v) is 2.48. The molecule has 0 aliphatic rings. The van der Waals surface area contributed by atoms with Crippen LogP contribution in [-0.4, -0.2) is 29.7 Å². The number of benzene rings is 2. The Morgan fingerprint density at radius 2 is 1.72 bits per heavy atom. The summed E-state index contributed by atoms with van der Waals surface area (Å²) in [5.41, 5.74) is 8.02. The highest BCUT2D eigenvalue weighted by Crippen LogP contribution is 2.22. The van der Waals surface area contributed by atoms with Gasteiger partial charge in [-0.05, 0) is 49.1 Å². The number of nitrogens with two attached hydrogens (primary N) is 1. The summed E-state index contributed by atoms with van der Waals surface area (Å²) in [7, 11) is 0. The van der Waals surface area contributed by atoms with Crippen LogP contribution in [0.25, 0.3) is 11.1 Å². The quantitative estimate of drug-likeness (QED) is 0.554. The Morgan fingerprint density at radius 3 is 2.40 bits per heavy atom. The molecule has 0 aliphatic heterocycles. The van der Waals surface area contributed by atoms with Crippen LogP contribution < -0.4 is 16.4 Å². The van der Waals surface area contributed by atoms with E-state index in [9.17, 15) is 14.7 Å². The van der Waals surface area contributed by atoms with Crippen molar-refractivity contribution in [2.45, 2.75) is 25.3 Å². The first-order valence-electron chi connectivity index (χ1n) is 8.26. The highest BCUT2D eigenvalue weighted by Gasteiger charge is 2.19. The number of carbonyl (C=O) groups is 2. The first-order valence-corrected chi connectivity index (χ1v) is 8.26. The van der Waals surface area contributed by atoms with Crippen LogP contribution in [0.1, 0.15) is 19.3 Å². The molecule has 0 spiro atoms. The lowest BCUT2D eigenvalue weighted by Crippen LogP contribution is -2.43. The molecule has 1 atom stereocenters. The molecule has 0 unspecified atom stereocenters. The third-order valence-electron chi connectivity index (χ3n) is 3.78. The van der Waals surface area contributed by atoms with E-state index in [1.807, 2.05) is 48.5 Å². The van der Waals surface area contributed by atoms with Gasteiger partial charge in [-0.3, -0.25) is 0 Å². The van der Waals surface area contributed by atoms with Crippen LogP contribution in [0.4, 0.5) is 10.5 Å². The lowest BCUT2D eigenvalue weighted by atomic mass is 10.1. The highest BCUT2D eigenvalue weighted by atomic mass is 16.4. The Bertz CT molecular complexity index is 704. The lowest BCUT2D eigenvalue weighted by Gasteiger charge is -2.15. The Morgan fingerprint density at radius 1 is 1.00 bits per heavy atom. The zero-order chi connectivity index (χ0) is 18.1. The second-order valence-corrected chi connectivity index (χ2v) is 5.72. The molecule has 2 amide bonds. The lowest BCUT2D eigenvalue weighted by molar-refractivity contribution is -0.139. The Labute approximate surface area is 147 Å². The van der Waals surface area contributed by atoms with Crippen molar-refractivity contribution in [3.63, 3.8) is 0 Å². The van der Waals surface area contributed by atoms with E-state index in [0.717, 1.165) is 17.5 Å². The van der Waals surface area contributed by atoms with Gasteiger partial charge in [-0.1, -0.05) is 42.5 Å². The van der Waals surface area contributed by atoms with Crippen molar-refractivity contribution in [3.05, 3.63) is 54.6 Å². The van der Waals surface area contributed by atoms with E-state index in [2.05, 4.69) is 10.6 Å². The summed E-state index contributed by atoms with van der Waals surface area (Å²) in [5, 5.41) is 14.4. The minimum atomic E-state index is -1.05. The van der Waals surface area contributed by atoms with Crippen molar-refractivity contribution in [2.75, 3.05) is 11.9 Å². The number of urea groups is 1. The second-order valence-electron chi connectivity index (χ2n) is 5.72. The summed E-state index contributed by atoms with van der Waals surface area (Å²) in [6, 6.07) is 15.7. The summed E-state index contributed by atoms with van der Waals surface area (Å²) >= 11 is 0. The van der Waals surface area contributed by atoms with Gasteiger partial charge in [-0.15, -0.1) is 0 Å². The van der Waals surface area contributed by atoms with Gasteiger partial charge in [0.25, 0.3) is 0 Å². The van der Waals surface area contributed by atoms with Crippen molar-refractivity contribution in [3.8, 4) is 11.1 Å². The maximum absolute atomic E-state index is 12.1. The van der Waals surface area contributed by atoms with Gasteiger partial charge >= 0.3 is 12.0 Å². The molecule has 0 bridgehead atoms. The molecular formula is C19H23N3O3. The largest absolute Gasteiger partial charge is 0.480 e. The molecule has 6 heteroatoms. The summed E-state index contributed by atoms with van der Waals surface area (Å²) < 4.78 is 0. The number of carbonyl (C=O) groups excluding carboxylic acids is 1. The summed E-state index contributed by atoms with van der Waals surface area (Å²) in [4.78, 5) is 23.3. The van der Waals surface area contributed by atoms with Gasteiger partial charge < -0.3 is 21.5 Å². The SMILES string of the molecule is NCCCC[C@H](NC(=O)Nc1cccc(-c2ccccc2)c1)C(=O)O. The van der Waals surface area contributed by atoms with E-state index >= 15 is 0 Å². The summed E-state index contributed by atoms with van der Waals surface area (Å²) in [6.07, 6.45) is 1.73. The van der Waals surface area contributed by atoms with Crippen molar-refractivity contribution in [1.82, 2.24) is 5.32 Å². The van der Waals surface area contributed by atoms with E-state index in [1.54, 1.807) is 6.07 Å². The summed E-state index contributed by atoms with van der Waals surface area (Å²) in [5.74, 6) is -1.05. The van der Waals surface area contributed by atoms with Gasteiger partial charge in [0.1, 0.15) is 6.04 Å². The van der Waals surface area contributed by atoms with E-state index in [4.69, 9.17) is 5.73 Å². The number of amides is 2. The Balaban J connectivity index is 1.99. The average Bonchev–Trinajstić information content (AvgIpc) is 2.62. The number of nitrogens with one attached hydrogen (secondary N) is 2. The van der Waals surface area contributed by atoms with Gasteiger partial charge in [0.05, 0.1) is 0 Å². The van der Waals surface area contributed by atoms with E-state index in [1.165, 1.54) is 0 Å². The molecule has 0 fully saturated rings. The number of anilines is 1. The van der Waals surface area contributed by atoms with Crippen LogP contribution in [0.3, 0.4) is 0 Å². The fraction of sp³-hybridized carbons (Fsp3) is 0.263. The van der Waals surface area contributed by atoms with Crippen LogP contribution in [0, 0.1) is 0 Å². The standard InChI is InChI=1S/C19H23N3O3/c20-12-5-4-11-17(18(23)24)22-19(25)21-16-10-6-9-15(13-16)14-7-2-1-3-8-14/h1-3,6-10,13,17H,4-5,11-12,20H2,(H,23,24)(H2,21,22,25)/t17-/m0/s1. The van der Waals surface area contributed by atoms with Crippen molar-refractivity contribution >= 4 is 17.7 Å². The Kier molecular flexibility index (Phi) is 6.98. The van der Waals surface area contributed by atoms with E-state index < -0.39 is 18.0 Å². The first-order chi connectivity index (χ1) is 12.1. The zero-order valence-electron chi connectivity index (χ0n) is 13.9. The maximum Gasteiger partial charge on any atom is 0.326 e. The average molecular weight is 341 g/mol. The van der Waals surface area contributed by atoms with Crippen molar-refractivity contribution in [1.29, 1.82) is 0 Å². The number of hydrogen-bond donors (Lipinski definition) is 4. The number of carboxylic acids is 1. The molecule has 5 N–H and O–H groups in total. The zero-order valence-corrected chi connectivity index (χ0v) is 13.9. The molecule has 0 radical (unpaired) electrons. The number of hydrogen-bond acceptors (Lipinski definition) is 3. The molecule has 25 heavy (non-hydrogen) atoms. The second kappa shape index (κ2) is 9.44. The molecule has 2 aromatic rings. The minimum Gasteiger partial charge on any atom is -0.480 e. The van der Waals surface area contributed by atoms with Gasteiger partial charge in [0, 0.05) is 5.69 Å². The van der Waals surface area contributed by atoms with Gasteiger partial charge in [0.2, 0.25) is 0 Å². The summed E-state index contributed by atoms with van der Waals surface area (Å²) in [6.45, 7) is 0.505. The molecule has 2 rings (SSSR count). The molecule has 0 aliphatic carbocycles. The predicted molar refractivity (Wildman–Crippen MR) is 98.4 cm³/mol. The molecule has 0 aromatic heterocycles. The number of aliphatic carboxylic acids is 1. The third-order valence-corrected chi connectivity index (χ3v) is 3.78. The predicted octanol–water partition coefficient (Wildman–Crippen LogP) is 3.06. The van der Waals surface area contributed by atoms with E-state index in [0.29, 0.717) is 25.1 Å². The van der Waals surface area contributed by atoms with Crippen LogP contribution >= 0.6 is 0 Å².